The van der Waals surface area contributed by atoms with Gasteiger partial charge in [0.15, 0.2) is 0 Å². The summed E-state index contributed by atoms with van der Waals surface area (Å²) in [4.78, 5) is 10.2. The zero-order valence-electron chi connectivity index (χ0n) is 18.3. The fourth-order valence-electron chi connectivity index (χ4n) is 3.36. The maximum atomic E-state index is 12.5. The normalized spacial score (nSPS) is 11.0. The lowest BCUT2D eigenvalue weighted by molar-refractivity contribution is -0.929. The van der Waals surface area contributed by atoms with Gasteiger partial charge in [-0.1, -0.05) is 71.3 Å². The van der Waals surface area contributed by atoms with Gasteiger partial charge in [0.05, 0.1) is 31.7 Å². The summed E-state index contributed by atoms with van der Waals surface area (Å²) in [7, 11) is 0. The summed E-state index contributed by atoms with van der Waals surface area (Å²) in [6.07, 6.45) is 11.1. The zero-order valence-corrected chi connectivity index (χ0v) is 18.3. The molecule has 0 radical (unpaired) electrons. The van der Waals surface area contributed by atoms with Gasteiger partial charge in [0.1, 0.15) is 5.82 Å². The highest BCUT2D eigenvalue weighted by Gasteiger charge is 2.24. The monoisotopic (exact) mass is 397 g/mol. The third-order valence-corrected chi connectivity index (χ3v) is 5.13. The molecule has 0 spiro atoms. The van der Waals surface area contributed by atoms with Crippen LogP contribution in [0, 0.1) is 5.82 Å². The van der Waals surface area contributed by atoms with Crippen molar-refractivity contribution in [2.24, 2.45) is 0 Å². The molecular formula is C23H40FNO3. The Balaban J connectivity index is 0.000000567. The molecule has 1 N–H and O–H groups in total. The van der Waals surface area contributed by atoms with Gasteiger partial charge in [0.2, 0.25) is 0 Å². The second-order valence-corrected chi connectivity index (χ2v) is 7.57. The molecule has 0 fully saturated rings. The number of nitrogens with zero attached hydrogens (tertiary/aromatic N) is 1. The summed E-state index contributed by atoms with van der Waals surface area (Å²) < 4.78 is 13.9. The van der Waals surface area contributed by atoms with Crippen LogP contribution in [-0.2, 0) is 0 Å². The van der Waals surface area contributed by atoms with Gasteiger partial charge in [0.25, 0.3) is 0 Å². The highest BCUT2D eigenvalue weighted by atomic mass is 19.1. The van der Waals surface area contributed by atoms with Gasteiger partial charge in [-0.2, -0.15) is 0 Å². The van der Waals surface area contributed by atoms with E-state index in [2.05, 4.69) is 27.7 Å². The van der Waals surface area contributed by atoms with Crippen LogP contribution in [0.15, 0.2) is 18.2 Å². The Morgan fingerprint density at radius 1 is 0.893 bits per heavy atom. The van der Waals surface area contributed by atoms with E-state index in [1.165, 1.54) is 88.1 Å². The lowest BCUT2D eigenvalue weighted by Crippen LogP contribution is -2.50. The van der Waals surface area contributed by atoms with Gasteiger partial charge in [-0.05, 0) is 31.7 Å². The second kappa shape index (κ2) is 15.3. The minimum atomic E-state index is -1.53. The molecule has 0 aliphatic rings. The van der Waals surface area contributed by atoms with Crippen LogP contribution in [-0.4, -0.2) is 41.7 Å². The fraction of sp³-hybridized carbons (Fsp3) is 0.696. The van der Waals surface area contributed by atoms with Crippen molar-refractivity contribution in [3.63, 3.8) is 0 Å². The van der Waals surface area contributed by atoms with Crippen LogP contribution in [0.25, 0.3) is 0 Å². The predicted molar refractivity (Wildman–Crippen MR) is 112 cm³/mol. The first-order valence-electron chi connectivity index (χ1n) is 10.9. The minimum absolute atomic E-state index is 0.799. The zero-order chi connectivity index (χ0) is 21.4. The van der Waals surface area contributed by atoms with E-state index in [4.69, 9.17) is 5.11 Å². The molecule has 0 aromatic heterocycles. The third-order valence-electron chi connectivity index (χ3n) is 5.13. The molecule has 0 saturated heterocycles. The molecule has 5 heteroatoms. The first-order chi connectivity index (χ1) is 13.4. The summed E-state index contributed by atoms with van der Waals surface area (Å²) in [5, 5.41) is 19.0. The molecule has 0 heterocycles. The van der Waals surface area contributed by atoms with Crippen LogP contribution in [0.1, 0.15) is 89.4 Å². The smallest absolute Gasteiger partial charge is 0.338 e. The molecule has 0 aliphatic carbocycles. The Morgan fingerprint density at radius 2 is 1.29 bits per heavy atom. The molecule has 28 heavy (non-hydrogen) atoms. The summed E-state index contributed by atoms with van der Waals surface area (Å²) in [6.45, 7) is 15.0. The summed E-state index contributed by atoms with van der Waals surface area (Å²) >= 11 is 0. The van der Waals surface area contributed by atoms with Crippen molar-refractivity contribution in [2.45, 2.75) is 79.1 Å². The Hall–Kier alpha value is -1.62. The van der Waals surface area contributed by atoms with E-state index in [9.17, 15) is 14.3 Å². The van der Waals surface area contributed by atoms with Crippen LogP contribution in [0.5, 0.6) is 5.75 Å². The SMILES string of the molecule is CCCC[N+](CCCC)(CCCC)CCCC.O=C(O)c1c([O-])cccc1F. The van der Waals surface area contributed by atoms with Gasteiger partial charge in [0, 0.05) is 0 Å². The molecule has 162 valence electrons. The van der Waals surface area contributed by atoms with Crippen molar-refractivity contribution in [3.05, 3.63) is 29.6 Å². The van der Waals surface area contributed by atoms with E-state index in [0.29, 0.717) is 0 Å². The maximum Gasteiger partial charge on any atom is 0.338 e. The first-order valence-corrected chi connectivity index (χ1v) is 10.9. The molecule has 1 aromatic carbocycles. The predicted octanol–water partition coefficient (Wildman–Crippen LogP) is 5.60. The topological polar surface area (TPSA) is 60.4 Å². The van der Waals surface area contributed by atoms with Crippen molar-refractivity contribution < 1.29 is 23.9 Å². The molecule has 0 unspecified atom stereocenters. The van der Waals surface area contributed by atoms with Crippen LogP contribution in [0.2, 0.25) is 0 Å². The number of unbranched alkanes of at least 4 members (excludes halogenated alkanes) is 4. The van der Waals surface area contributed by atoms with Gasteiger partial charge >= 0.3 is 5.97 Å². The molecule has 1 aromatic rings. The standard InChI is InChI=1S/C16H36N.C7H5FO3/c1-5-9-13-17(14-10-6-2,15-11-7-3)16-12-8-4;8-4-2-1-3-5(9)6(4)7(10)11/h5-16H2,1-4H3;1-3,9H,(H,10,11)/q+1;/p-1. The summed E-state index contributed by atoms with van der Waals surface area (Å²) in [5.74, 6) is -3.34. The van der Waals surface area contributed by atoms with Gasteiger partial charge in [-0.25, -0.2) is 9.18 Å². The number of hydrogen-bond acceptors (Lipinski definition) is 2. The Morgan fingerprint density at radius 3 is 1.54 bits per heavy atom. The average molecular weight is 398 g/mol. The number of carboxylic acid groups (broad SMARTS) is 1. The van der Waals surface area contributed by atoms with Crippen LogP contribution < -0.4 is 5.11 Å². The lowest BCUT2D eigenvalue weighted by atomic mass is 10.1. The van der Waals surface area contributed by atoms with E-state index in [1.54, 1.807) is 0 Å². The van der Waals surface area contributed by atoms with Crippen molar-refractivity contribution in [2.75, 3.05) is 26.2 Å². The highest BCUT2D eigenvalue weighted by Crippen LogP contribution is 2.17. The molecule has 0 aliphatic heterocycles. The molecule has 0 bridgehead atoms. The Bertz CT molecular complexity index is 491. The highest BCUT2D eigenvalue weighted by molar-refractivity contribution is 5.90. The van der Waals surface area contributed by atoms with Crippen molar-refractivity contribution in [1.82, 2.24) is 0 Å². The Kier molecular flexibility index (Phi) is 14.4. The maximum absolute atomic E-state index is 12.5. The summed E-state index contributed by atoms with van der Waals surface area (Å²) in [5.41, 5.74) is -0.799. The second-order valence-electron chi connectivity index (χ2n) is 7.57. The molecular weight excluding hydrogens is 357 g/mol. The van der Waals surface area contributed by atoms with E-state index >= 15 is 0 Å². The molecule has 4 nitrogen and oxygen atoms in total. The minimum Gasteiger partial charge on any atom is -0.872 e. The molecule has 1 rings (SSSR count). The van der Waals surface area contributed by atoms with E-state index in [1.807, 2.05) is 0 Å². The number of hydrogen-bond donors (Lipinski definition) is 1. The van der Waals surface area contributed by atoms with Crippen molar-refractivity contribution in [3.8, 4) is 5.75 Å². The average Bonchev–Trinajstić information content (AvgIpc) is 2.67. The van der Waals surface area contributed by atoms with Gasteiger partial charge in [-0.3, -0.25) is 0 Å². The van der Waals surface area contributed by atoms with Crippen molar-refractivity contribution in [1.29, 1.82) is 0 Å². The number of halogens is 1. The molecule has 0 saturated carbocycles. The number of carbonyl (C=O) groups is 1. The van der Waals surface area contributed by atoms with Gasteiger partial charge in [-0.15, -0.1) is 0 Å². The number of rotatable bonds is 13. The van der Waals surface area contributed by atoms with E-state index in [-0.39, 0.29) is 0 Å². The summed E-state index contributed by atoms with van der Waals surface area (Å²) in [6, 6.07) is 3.11. The number of benzene rings is 1. The number of carboxylic acids is 1. The quantitative estimate of drug-likeness (QED) is 0.441. The van der Waals surface area contributed by atoms with Crippen LogP contribution in [0.3, 0.4) is 0 Å². The Labute approximate surface area is 171 Å². The first kappa shape index (κ1) is 26.4. The van der Waals surface area contributed by atoms with E-state index < -0.39 is 23.1 Å². The third kappa shape index (κ3) is 10.1. The van der Waals surface area contributed by atoms with Crippen LogP contribution in [0.4, 0.5) is 4.39 Å². The fourth-order valence-corrected chi connectivity index (χ4v) is 3.36. The molecule has 0 atom stereocenters. The van der Waals surface area contributed by atoms with Gasteiger partial charge < -0.3 is 14.7 Å². The van der Waals surface area contributed by atoms with E-state index in [0.717, 1.165) is 12.1 Å². The number of quaternary nitrogens is 1. The largest absolute Gasteiger partial charge is 0.872 e. The lowest BCUT2D eigenvalue weighted by Gasteiger charge is -2.39. The molecule has 0 amide bonds. The number of aromatic carboxylic acids is 1. The van der Waals surface area contributed by atoms with Crippen molar-refractivity contribution >= 4 is 5.97 Å². The van der Waals surface area contributed by atoms with Crippen LogP contribution >= 0.6 is 0 Å².